The average Bonchev–Trinajstić information content (AvgIpc) is 2.46. The number of carbonyl (C=O) groups is 2. The number of Topliss-reactive ketones (excluding diaryl/α,β-unsaturated/α-hetero) is 1. The summed E-state index contributed by atoms with van der Waals surface area (Å²) in [6.07, 6.45) is 4.41. The number of fused-ring (bicyclic) bond motifs is 3. The van der Waals surface area contributed by atoms with Crippen LogP contribution in [0, 0.1) is 33.5 Å². The molecule has 23 heavy (non-hydrogen) atoms. The predicted molar refractivity (Wildman–Crippen MR) is 85.1 cm³/mol. The van der Waals surface area contributed by atoms with E-state index in [4.69, 9.17) is 0 Å². The third kappa shape index (κ3) is 1.93. The van der Waals surface area contributed by atoms with E-state index >= 15 is 0 Å². The molecule has 4 nitrogen and oxygen atoms in total. The molecule has 0 aromatic carbocycles. The molecule has 3 aliphatic rings. The zero-order valence-electron chi connectivity index (χ0n) is 14.1. The summed E-state index contributed by atoms with van der Waals surface area (Å²) in [6, 6.07) is 2.03. The lowest BCUT2D eigenvalue weighted by Crippen LogP contribution is -2.56. The first-order chi connectivity index (χ1) is 10.6. The summed E-state index contributed by atoms with van der Waals surface area (Å²) in [4.78, 5) is 24.7. The van der Waals surface area contributed by atoms with E-state index in [0.29, 0.717) is 0 Å². The third-order valence-corrected chi connectivity index (χ3v) is 6.57. The van der Waals surface area contributed by atoms with E-state index in [9.17, 15) is 20.0 Å². The Morgan fingerprint density at radius 1 is 1.26 bits per heavy atom. The zero-order valence-corrected chi connectivity index (χ0v) is 14.1. The Hall–Kier alpha value is -1.73. The average molecular weight is 313 g/mol. The SMILES string of the molecule is CC1(C)C(=O)C(C#N)=C[C@]2(C)C3=CC(=O)C[C@@H](O)[C@]3(C)CC[C@@H]12. The van der Waals surface area contributed by atoms with E-state index in [0.717, 1.165) is 18.4 Å². The molecule has 1 fully saturated rings. The van der Waals surface area contributed by atoms with Gasteiger partial charge in [-0.05, 0) is 30.4 Å². The van der Waals surface area contributed by atoms with Crippen LogP contribution in [-0.4, -0.2) is 22.8 Å². The van der Waals surface area contributed by atoms with Crippen molar-refractivity contribution in [2.24, 2.45) is 22.2 Å². The van der Waals surface area contributed by atoms with E-state index in [2.05, 4.69) is 0 Å². The fraction of sp³-hybridized carbons (Fsp3) is 0.632. The third-order valence-electron chi connectivity index (χ3n) is 6.57. The lowest BCUT2D eigenvalue weighted by Gasteiger charge is -2.58. The van der Waals surface area contributed by atoms with Crippen LogP contribution in [0.15, 0.2) is 23.3 Å². The van der Waals surface area contributed by atoms with Gasteiger partial charge in [0.25, 0.3) is 0 Å². The van der Waals surface area contributed by atoms with Gasteiger partial charge in [0.05, 0.1) is 11.7 Å². The Kier molecular flexibility index (Phi) is 3.26. The number of aliphatic hydroxyl groups excluding tert-OH is 1. The van der Waals surface area contributed by atoms with Crippen LogP contribution >= 0.6 is 0 Å². The first kappa shape index (κ1) is 16.1. The molecule has 0 amide bonds. The Labute approximate surface area is 136 Å². The van der Waals surface area contributed by atoms with Gasteiger partial charge in [-0.25, -0.2) is 0 Å². The minimum Gasteiger partial charge on any atom is -0.392 e. The normalized spacial score (nSPS) is 42.1. The van der Waals surface area contributed by atoms with Gasteiger partial charge in [0.1, 0.15) is 6.07 Å². The van der Waals surface area contributed by atoms with Crippen LogP contribution < -0.4 is 0 Å². The molecular weight excluding hydrogens is 290 g/mol. The van der Waals surface area contributed by atoms with Crippen molar-refractivity contribution in [1.82, 2.24) is 0 Å². The van der Waals surface area contributed by atoms with Gasteiger partial charge in [-0.1, -0.05) is 33.8 Å². The van der Waals surface area contributed by atoms with Crippen LogP contribution in [0.2, 0.25) is 0 Å². The maximum absolute atomic E-state index is 12.6. The molecule has 0 unspecified atom stereocenters. The van der Waals surface area contributed by atoms with Gasteiger partial charge < -0.3 is 5.11 Å². The second-order valence-corrected chi connectivity index (χ2v) is 8.26. The maximum atomic E-state index is 12.6. The van der Waals surface area contributed by atoms with Crippen LogP contribution in [0.4, 0.5) is 0 Å². The first-order valence-corrected chi connectivity index (χ1v) is 8.18. The fourth-order valence-electron chi connectivity index (χ4n) is 5.23. The van der Waals surface area contributed by atoms with E-state index in [1.54, 1.807) is 12.2 Å². The monoisotopic (exact) mass is 313 g/mol. The van der Waals surface area contributed by atoms with Crippen molar-refractivity contribution in [3.05, 3.63) is 23.3 Å². The Balaban J connectivity index is 2.27. The largest absolute Gasteiger partial charge is 0.392 e. The predicted octanol–water partition coefficient (Wildman–Crippen LogP) is 2.73. The summed E-state index contributed by atoms with van der Waals surface area (Å²) >= 11 is 0. The molecule has 0 saturated heterocycles. The topological polar surface area (TPSA) is 78.2 Å². The fourth-order valence-corrected chi connectivity index (χ4v) is 5.23. The number of rotatable bonds is 0. The van der Waals surface area contributed by atoms with E-state index in [1.165, 1.54) is 0 Å². The van der Waals surface area contributed by atoms with E-state index in [-0.39, 0.29) is 29.5 Å². The van der Waals surface area contributed by atoms with Gasteiger partial charge >= 0.3 is 0 Å². The number of allylic oxidation sites excluding steroid dienone is 3. The van der Waals surface area contributed by atoms with Gasteiger partial charge in [-0.15, -0.1) is 0 Å². The molecule has 4 atom stereocenters. The zero-order chi connectivity index (χ0) is 17.2. The van der Waals surface area contributed by atoms with Gasteiger partial charge in [-0.2, -0.15) is 5.26 Å². The molecule has 0 radical (unpaired) electrons. The highest BCUT2D eigenvalue weighted by atomic mass is 16.3. The van der Waals surface area contributed by atoms with Crippen molar-refractivity contribution in [2.45, 2.75) is 53.1 Å². The Morgan fingerprint density at radius 3 is 2.52 bits per heavy atom. The van der Waals surface area contributed by atoms with Crippen LogP contribution in [0.3, 0.4) is 0 Å². The second-order valence-electron chi connectivity index (χ2n) is 8.26. The summed E-state index contributed by atoms with van der Waals surface area (Å²) < 4.78 is 0. The lowest BCUT2D eigenvalue weighted by atomic mass is 9.44. The first-order valence-electron chi connectivity index (χ1n) is 8.18. The standard InChI is InChI=1S/C19H23NO3/c1-17(2)13-5-6-18(3)14(7-12(21)8-15(18)22)19(13,4)9-11(10-20)16(17)23/h7,9,13,15,22H,5-6,8H2,1-4H3/t13-,15+,18+,19-/m0/s1. The molecule has 1 saturated carbocycles. The van der Waals surface area contributed by atoms with Gasteiger partial charge in [0, 0.05) is 22.7 Å². The lowest BCUT2D eigenvalue weighted by molar-refractivity contribution is -0.132. The van der Waals surface area contributed by atoms with Crippen molar-refractivity contribution in [3.8, 4) is 6.07 Å². The van der Waals surface area contributed by atoms with Crippen molar-refractivity contribution >= 4 is 11.6 Å². The number of nitrogens with zero attached hydrogens (tertiary/aromatic N) is 1. The summed E-state index contributed by atoms with van der Waals surface area (Å²) in [5.74, 6) is -0.167. The summed E-state index contributed by atoms with van der Waals surface area (Å²) in [7, 11) is 0. The molecule has 0 bridgehead atoms. The van der Waals surface area contributed by atoms with Crippen LogP contribution in [0.1, 0.15) is 47.0 Å². The van der Waals surface area contributed by atoms with Gasteiger partial charge in [-0.3, -0.25) is 9.59 Å². The van der Waals surface area contributed by atoms with Crippen molar-refractivity contribution in [3.63, 3.8) is 0 Å². The van der Waals surface area contributed by atoms with Gasteiger partial charge in [0.15, 0.2) is 11.6 Å². The maximum Gasteiger partial charge on any atom is 0.178 e. The molecule has 122 valence electrons. The van der Waals surface area contributed by atoms with E-state index < -0.39 is 22.3 Å². The molecule has 0 aromatic rings. The summed E-state index contributed by atoms with van der Waals surface area (Å²) in [6.45, 7) is 7.80. The number of hydrogen-bond donors (Lipinski definition) is 1. The highest BCUT2D eigenvalue weighted by molar-refractivity contribution is 6.04. The number of nitriles is 1. The molecule has 0 aliphatic heterocycles. The smallest absolute Gasteiger partial charge is 0.178 e. The van der Waals surface area contributed by atoms with Crippen molar-refractivity contribution in [1.29, 1.82) is 5.26 Å². The molecule has 1 N–H and O–H groups in total. The number of ketones is 2. The van der Waals surface area contributed by atoms with Crippen molar-refractivity contribution < 1.29 is 14.7 Å². The number of aliphatic hydroxyl groups is 1. The molecule has 0 heterocycles. The molecular formula is C19H23NO3. The van der Waals surface area contributed by atoms with E-state index in [1.807, 2.05) is 33.8 Å². The quantitative estimate of drug-likeness (QED) is 0.746. The Morgan fingerprint density at radius 2 is 1.91 bits per heavy atom. The highest BCUT2D eigenvalue weighted by Gasteiger charge is 2.60. The van der Waals surface area contributed by atoms with Gasteiger partial charge in [0.2, 0.25) is 0 Å². The molecule has 0 aromatic heterocycles. The molecule has 3 aliphatic carbocycles. The molecule has 0 spiro atoms. The second kappa shape index (κ2) is 4.64. The Bertz CT molecular complexity index is 709. The van der Waals surface area contributed by atoms with Crippen LogP contribution in [0.25, 0.3) is 0 Å². The number of hydrogen-bond acceptors (Lipinski definition) is 4. The minimum atomic E-state index is -0.701. The van der Waals surface area contributed by atoms with Crippen molar-refractivity contribution in [2.75, 3.05) is 0 Å². The highest BCUT2D eigenvalue weighted by Crippen LogP contribution is 2.63. The van der Waals surface area contributed by atoms with Crippen LogP contribution in [0.5, 0.6) is 0 Å². The summed E-state index contributed by atoms with van der Waals surface area (Å²) in [5.41, 5.74) is -0.605. The summed E-state index contributed by atoms with van der Waals surface area (Å²) in [5, 5.41) is 19.9. The molecule has 4 heteroatoms. The molecule has 3 rings (SSSR count). The number of carbonyl (C=O) groups excluding carboxylic acids is 2. The van der Waals surface area contributed by atoms with Crippen LogP contribution in [-0.2, 0) is 9.59 Å². The minimum absolute atomic E-state index is 0.0250.